The summed E-state index contributed by atoms with van der Waals surface area (Å²) in [6.45, 7) is 1.28. The lowest BCUT2D eigenvalue weighted by molar-refractivity contribution is -0.139. The van der Waals surface area contributed by atoms with Crippen LogP contribution in [0.4, 0.5) is 13.2 Å². The van der Waals surface area contributed by atoms with Crippen LogP contribution in [-0.4, -0.2) is 5.11 Å². The maximum absolute atomic E-state index is 12.4. The van der Waals surface area contributed by atoms with Crippen LogP contribution in [0.2, 0.25) is 5.02 Å². The van der Waals surface area contributed by atoms with Gasteiger partial charge in [0.2, 0.25) is 0 Å². The Morgan fingerprint density at radius 2 is 1.93 bits per heavy atom. The Morgan fingerprint density at radius 1 is 1.36 bits per heavy atom. The largest absolute Gasteiger partial charge is 0.416 e. The quantitative estimate of drug-likeness (QED) is 0.775. The van der Waals surface area contributed by atoms with E-state index >= 15 is 0 Å². The Morgan fingerprint density at radius 3 is 2.36 bits per heavy atom. The molecule has 0 aromatic heterocycles. The van der Waals surface area contributed by atoms with E-state index in [-0.39, 0.29) is 10.6 Å². The maximum atomic E-state index is 12.4. The van der Waals surface area contributed by atoms with E-state index in [9.17, 15) is 13.2 Å². The predicted molar refractivity (Wildman–Crippen MR) is 47.1 cm³/mol. The molecule has 0 saturated carbocycles. The molecule has 0 spiro atoms. The van der Waals surface area contributed by atoms with Crippen LogP contribution in [0.15, 0.2) is 18.2 Å². The zero-order valence-corrected chi connectivity index (χ0v) is 8.02. The standard InChI is InChI=1S/C9H8ClF3O/c1-5(14)7-3-2-6(10)4-8(7)9(11,12)13/h2-5,14H,1H3/t5-/m1/s1. The Hall–Kier alpha value is -0.740. The first-order valence-electron chi connectivity index (χ1n) is 3.87. The van der Waals surface area contributed by atoms with Gasteiger partial charge in [0.05, 0.1) is 11.7 Å². The molecule has 0 unspecified atom stereocenters. The summed E-state index contributed by atoms with van der Waals surface area (Å²) in [5.41, 5.74) is -1.05. The van der Waals surface area contributed by atoms with Crippen LogP contribution in [0.1, 0.15) is 24.2 Å². The van der Waals surface area contributed by atoms with E-state index in [1.807, 2.05) is 0 Å². The van der Waals surface area contributed by atoms with Crippen molar-refractivity contribution < 1.29 is 18.3 Å². The van der Waals surface area contributed by atoms with Crippen molar-refractivity contribution in [2.24, 2.45) is 0 Å². The molecule has 1 N–H and O–H groups in total. The van der Waals surface area contributed by atoms with Crippen molar-refractivity contribution in [2.75, 3.05) is 0 Å². The van der Waals surface area contributed by atoms with Crippen molar-refractivity contribution in [1.29, 1.82) is 0 Å². The molecule has 0 saturated heterocycles. The number of alkyl halides is 3. The number of aliphatic hydroxyl groups is 1. The van der Waals surface area contributed by atoms with Crippen molar-refractivity contribution in [3.05, 3.63) is 34.3 Å². The molecule has 1 atom stereocenters. The smallest absolute Gasteiger partial charge is 0.389 e. The molecule has 78 valence electrons. The normalized spacial score (nSPS) is 14.1. The van der Waals surface area contributed by atoms with Gasteiger partial charge in [-0.05, 0) is 24.6 Å². The molecule has 0 bridgehead atoms. The molecule has 0 heterocycles. The summed E-state index contributed by atoms with van der Waals surface area (Å²) in [5, 5.41) is 9.12. The number of aliphatic hydroxyl groups excluding tert-OH is 1. The van der Waals surface area contributed by atoms with E-state index in [2.05, 4.69) is 0 Å². The summed E-state index contributed by atoms with van der Waals surface area (Å²) >= 11 is 5.45. The fraction of sp³-hybridized carbons (Fsp3) is 0.333. The van der Waals surface area contributed by atoms with Gasteiger partial charge in [0.25, 0.3) is 0 Å². The third kappa shape index (κ3) is 2.39. The van der Waals surface area contributed by atoms with Crippen LogP contribution in [0.5, 0.6) is 0 Å². The van der Waals surface area contributed by atoms with Crippen LogP contribution in [0.3, 0.4) is 0 Å². The van der Waals surface area contributed by atoms with E-state index in [1.54, 1.807) is 0 Å². The zero-order valence-electron chi connectivity index (χ0n) is 7.27. The Bertz CT molecular complexity index is 333. The lowest BCUT2D eigenvalue weighted by atomic mass is 10.0. The lowest BCUT2D eigenvalue weighted by Gasteiger charge is -2.14. The number of benzene rings is 1. The first-order chi connectivity index (χ1) is 6.32. The summed E-state index contributed by atoms with van der Waals surface area (Å²) in [5.74, 6) is 0. The van der Waals surface area contributed by atoms with Crippen LogP contribution in [-0.2, 0) is 6.18 Å². The predicted octanol–water partition coefficient (Wildman–Crippen LogP) is 3.41. The molecule has 14 heavy (non-hydrogen) atoms. The van der Waals surface area contributed by atoms with Crippen molar-refractivity contribution in [3.63, 3.8) is 0 Å². The van der Waals surface area contributed by atoms with E-state index in [0.717, 1.165) is 6.07 Å². The summed E-state index contributed by atoms with van der Waals surface area (Å²) < 4.78 is 37.3. The zero-order chi connectivity index (χ0) is 10.9. The second-order valence-corrected chi connectivity index (χ2v) is 3.34. The molecule has 0 aliphatic carbocycles. The second kappa shape index (κ2) is 3.79. The van der Waals surface area contributed by atoms with Crippen LogP contribution in [0, 0.1) is 0 Å². The van der Waals surface area contributed by atoms with Crippen LogP contribution >= 0.6 is 11.6 Å². The average molecular weight is 225 g/mol. The first kappa shape index (κ1) is 11.3. The number of halogens is 4. The lowest BCUT2D eigenvalue weighted by Crippen LogP contribution is -2.10. The van der Waals surface area contributed by atoms with Gasteiger partial charge in [0, 0.05) is 5.02 Å². The Balaban J connectivity index is 3.30. The van der Waals surface area contributed by atoms with Gasteiger partial charge in [0.1, 0.15) is 0 Å². The van der Waals surface area contributed by atoms with Crippen LogP contribution in [0.25, 0.3) is 0 Å². The highest BCUT2D eigenvalue weighted by atomic mass is 35.5. The highest BCUT2D eigenvalue weighted by molar-refractivity contribution is 6.30. The molecular weight excluding hydrogens is 217 g/mol. The molecular formula is C9H8ClF3O. The molecule has 0 radical (unpaired) electrons. The summed E-state index contributed by atoms with van der Waals surface area (Å²) in [4.78, 5) is 0. The van der Waals surface area contributed by atoms with Gasteiger partial charge in [-0.25, -0.2) is 0 Å². The monoisotopic (exact) mass is 224 g/mol. The fourth-order valence-electron chi connectivity index (χ4n) is 1.14. The van der Waals surface area contributed by atoms with Gasteiger partial charge in [-0.2, -0.15) is 13.2 Å². The van der Waals surface area contributed by atoms with Gasteiger partial charge < -0.3 is 5.11 Å². The molecule has 1 aromatic rings. The van der Waals surface area contributed by atoms with Crippen LogP contribution < -0.4 is 0 Å². The molecule has 0 aliphatic heterocycles. The van der Waals surface area contributed by atoms with Gasteiger partial charge >= 0.3 is 6.18 Å². The SMILES string of the molecule is C[C@@H](O)c1ccc(Cl)cc1C(F)(F)F. The second-order valence-electron chi connectivity index (χ2n) is 2.91. The minimum absolute atomic E-state index is 0.00160. The summed E-state index contributed by atoms with van der Waals surface area (Å²) in [6.07, 6.45) is -5.65. The molecule has 0 fully saturated rings. The average Bonchev–Trinajstić information content (AvgIpc) is 2.01. The van der Waals surface area contributed by atoms with E-state index < -0.39 is 17.8 Å². The topological polar surface area (TPSA) is 20.2 Å². The molecule has 5 heteroatoms. The highest BCUT2D eigenvalue weighted by Crippen LogP contribution is 2.36. The molecule has 1 nitrogen and oxygen atoms in total. The van der Waals surface area contributed by atoms with Crippen molar-refractivity contribution in [2.45, 2.75) is 19.2 Å². The Kier molecular flexibility index (Phi) is 3.07. The maximum Gasteiger partial charge on any atom is 0.416 e. The number of hydrogen-bond donors (Lipinski definition) is 1. The summed E-state index contributed by atoms with van der Waals surface area (Å²) in [7, 11) is 0. The van der Waals surface area contributed by atoms with Gasteiger partial charge in [-0.15, -0.1) is 0 Å². The Labute approximate surface area is 84.1 Å². The minimum Gasteiger partial charge on any atom is -0.389 e. The van der Waals surface area contributed by atoms with E-state index in [4.69, 9.17) is 16.7 Å². The van der Waals surface area contributed by atoms with Gasteiger partial charge in [0.15, 0.2) is 0 Å². The summed E-state index contributed by atoms with van der Waals surface area (Å²) in [6, 6.07) is 3.30. The molecule has 0 aliphatic rings. The van der Waals surface area contributed by atoms with Gasteiger partial charge in [-0.3, -0.25) is 0 Å². The fourth-order valence-corrected chi connectivity index (χ4v) is 1.31. The first-order valence-corrected chi connectivity index (χ1v) is 4.25. The van der Waals surface area contributed by atoms with E-state index in [1.165, 1.54) is 19.1 Å². The van der Waals surface area contributed by atoms with Crippen molar-refractivity contribution in [3.8, 4) is 0 Å². The molecule has 1 aromatic carbocycles. The third-order valence-electron chi connectivity index (χ3n) is 1.77. The third-order valence-corrected chi connectivity index (χ3v) is 2.01. The van der Waals surface area contributed by atoms with Crippen molar-refractivity contribution >= 4 is 11.6 Å². The number of hydrogen-bond acceptors (Lipinski definition) is 1. The minimum atomic E-state index is -4.49. The van der Waals surface area contributed by atoms with E-state index in [0.29, 0.717) is 0 Å². The number of rotatable bonds is 1. The highest BCUT2D eigenvalue weighted by Gasteiger charge is 2.34. The molecule has 0 amide bonds. The molecule has 1 rings (SSSR count). The van der Waals surface area contributed by atoms with Crippen molar-refractivity contribution in [1.82, 2.24) is 0 Å². The van der Waals surface area contributed by atoms with Gasteiger partial charge in [-0.1, -0.05) is 17.7 Å².